The van der Waals surface area contributed by atoms with E-state index in [0.29, 0.717) is 17.9 Å². The number of ketones is 1. The van der Waals surface area contributed by atoms with E-state index < -0.39 is 6.10 Å². The van der Waals surface area contributed by atoms with E-state index in [0.717, 1.165) is 16.5 Å². The van der Waals surface area contributed by atoms with Crippen LogP contribution in [-0.2, 0) is 11.3 Å². The number of epoxide rings is 1. The van der Waals surface area contributed by atoms with Crippen LogP contribution in [0.5, 0.6) is 5.75 Å². The summed E-state index contributed by atoms with van der Waals surface area (Å²) in [4.78, 5) is 13.1. The van der Waals surface area contributed by atoms with Gasteiger partial charge >= 0.3 is 0 Å². The number of carbonyl (C=O) groups is 1. The molecule has 0 amide bonds. The van der Waals surface area contributed by atoms with Gasteiger partial charge in [-0.25, -0.2) is 0 Å². The molecule has 1 heterocycles. The van der Waals surface area contributed by atoms with Crippen molar-refractivity contribution in [3.63, 3.8) is 0 Å². The van der Waals surface area contributed by atoms with Crippen LogP contribution in [0.15, 0.2) is 97.1 Å². The molecule has 2 atom stereocenters. The van der Waals surface area contributed by atoms with E-state index >= 15 is 0 Å². The van der Waals surface area contributed by atoms with E-state index in [2.05, 4.69) is 24.3 Å². The lowest BCUT2D eigenvalue weighted by Gasteiger charge is -2.10. The molecule has 0 radical (unpaired) electrons. The Bertz CT molecular complexity index is 1170. The zero-order valence-electron chi connectivity index (χ0n) is 15.8. The maximum absolute atomic E-state index is 13.1. The zero-order chi connectivity index (χ0) is 19.6. The maximum Gasteiger partial charge on any atom is 0.198 e. The molecule has 0 spiro atoms. The number of rotatable bonds is 6. The van der Waals surface area contributed by atoms with E-state index in [1.54, 1.807) is 0 Å². The molecule has 5 rings (SSSR count). The normalized spacial score (nSPS) is 17.8. The van der Waals surface area contributed by atoms with Crippen LogP contribution < -0.4 is 4.74 Å². The van der Waals surface area contributed by atoms with Gasteiger partial charge in [-0.15, -0.1) is 0 Å². The van der Waals surface area contributed by atoms with Crippen molar-refractivity contribution in [3.05, 3.63) is 114 Å². The molecule has 29 heavy (non-hydrogen) atoms. The first kappa shape index (κ1) is 17.7. The quantitative estimate of drug-likeness (QED) is 0.316. The first-order valence-corrected chi connectivity index (χ1v) is 9.74. The molecule has 4 aromatic rings. The summed E-state index contributed by atoms with van der Waals surface area (Å²) in [6, 6.07) is 31.7. The van der Waals surface area contributed by atoms with E-state index in [4.69, 9.17) is 9.47 Å². The molecule has 3 nitrogen and oxygen atoms in total. The van der Waals surface area contributed by atoms with Gasteiger partial charge in [0.15, 0.2) is 11.9 Å². The van der Waals surface area contributed by atoms with E-state index in [-0.39, 0.29) is 11.9 Å². The Morgan fingerprint density at radius 2 is 1.52 bits per heavy atom. The SMILES string of the molecule is O=C(c1ccccc1OCc1ccccc1)[C@H]1O[C@@H]1c1ccc2ccccc2c1. The van der Waals surface area contributed by atoms with Gasteiger partial charge in [-0.3, -0.25) is 4.79 Å². The highest BCUT2D eigenvalue weighted by molar-refractivity contribution is 6.03. The summed E-state index contributed by atoms with van der Waals surface area (Å²) >= 11 is 0. The van der Waals surface area contributed by atoms with Gasteiger partial charge in [0, 0.05) is 0 Å². The fourth-order valence-corrected chi connectivity index (χ4v) is 3.63. The number of para-hydroxylation sites is 1. The molecule has 0 N–H and O–H groups in total. The Morgan fingerprint density at radius 1 is 0.793 bits per heavy atom. The number of Topliss-reactive ketones (excluding diaryl/α,β-unsaturated/α-hetero) is 1. The number of ether oxygens (including phenoxy) is 2. The molecule has 4 aromatic carbocycles. The van der Waals surface area contributed by atoms with Gasteiger partial charge in [0.05, 0.1) is 5.56 Å². The lowest BCUT2D eigenvalue weighted by atomic mass is 10.00. The monoisotopic (exact) mass is 380 g/mol. The molecule has 0 bridgehead atoms. The fraction of sp³-hybridized carbons (Fsp3) is 0.115. The third kappa shape index (κ3) is 3.65. The van der Waals surface area contributed by atoms with Crippen LogP contribution in [0.2, 0.25) is 0 Å². The number of fused-ring (bicyclic) bond motifs is 1. The molecule has 1 fully saturated rings. The van der Waals surface area contributed by atoms with Gasteiger partial charge in [-0.2, -0.15) is 0 Å². The Hall–Kier alpha value is -3.43. The van der Waals surface area contributed by atoms with Gasteiger partial charge in [0.2, 0.25) is 0 Å². The molecule has 0 aromatic heterocycles. The summed E-state index contributed by atoms with van der Waals surface area (Å²) in [5.74, 6) is 0.556. The number of carbonyl (C=O) groups excluding carboxylic acids is 1. The minimum Gasteiger partial charge on any atom is -0.488 e. The number of benzene rings is 4. The third-order valence-electron chi connectivity index (χ3n) is 5.24. The Morgan fingerprint density at radius 3 is 2.38 bits per heavy atom. The van der Waals surface area contributed by atoms with Crippen LogP contribution in [0, 0.1) is 0 Å². The average Bonchev–Trinajstić information content (AvgIpc) is 3.59. The van der Waals surface area contributed by atoms with Crippen molar-refractivity contribution < 1.29 is 14.3 Å². The predicted molar refractivity (Wildman–Crippen MR) is 113 cm³/mol. The van der Waals surface area contributed by atoms with Crippen LogP contribution in [-0.4, -0.2) is 11.9 Å². The van der Waals surface area contributed by atoms with Crippen molar-refractivity contribution in [1.82, 2.24) is 0 Å². The van der Waals surface area contributed by atoms with Gasteiger partial charge in [0.25, 0.3) is 0 Å². The summed E-state index contributed by atoms with van der Waals surface area (Å²) in [6.07, 6.45) is -0.660. The molecule has 1 aliphatic rings. The summed E-state index contributed by atoms with van der Waals surface area (Å²) in [5, 5.41) is 2.33. The number of hydrogen-bond acceptors (Lipinski definition) is 3. The van der Waals surface area contributed by atoms with Gasteiger partial charge in [0.1, 0.15) is 18.5 Å². The molecular formula is C26H20O3. The number of hydrogen-bond donors (Lipinski definition) is 0. The van der Waals surface area contributed by atoms with Crippen LogP contribution in [0.4, 0.5) is 0 Å². The highest BCUT2D eigenvalue weighted by Crippen LogP contribution is 2.42. The van der Waals surface area contributed by atoms with Crippen LogP contribution in [0.25, 0.3) is 10.8 Å². The summed E-state index contributed by atoms with van der Waals surface area (Å²) in [7, 11) is 0. The van der Waals surface area contributed by atoms with Gasteiger partial charge < -0.3 is 9.47 Å². The van der Waals surface area contributed by atoms with Crippen molar-refractivity contribution in [2.45, 2.75) is 18.8 Å². The molecule has 1 aliphatic heterocycles. The largest absolute Gasteiger partial charge is 0.488 e. The minimum absolute atomic E-state index is 0.0354. The minimum atomic E-state index is -0.461. The van der Waals surface area contributed by atoms with Gasteiger partial charge in [-0.1, -0.05) is 78.9 Å². The summed E-state index contributed by atoms with van der Waals surface area (Å²) < 4.78 is 11.7. The van der Waals surface area contributed by atoms with Crippen LogP contribution in [0.1, 0.15) is 27.6 Å². The zero-order valence-corrected chi connectivity index (χ0v) is 15.8. The first-order valence-electron chi connectivity index (χ1n) is 9.74. The first-order chi connectivity index (χ1) is 14.3. The Balaban J connectivity index is 1.33. The van der Waals surface area contributed by atoms with E-state index in [1.807, 2.05) is 72.8 Å². The van der Waals surface area contributed by atoms with Crippen molar-refractivity contribution in [3.8, 4) is 5.75 Å². The topological polar surface area (TPSA) is 38.8 Å². The van der Waals surface area contributed by atoms with Crippen LogP contribution in [0.3, 0.4) is 0 Å². The molecular weight excluding hydrogens is 360 g/mol. The molecule has 142 valence electrons. The van der Waals surface area contributed by atoms with Crippen molar-refractivity contribution in [2.75, 3.05) is 0 Å². The summed E-state index contributed by atoms with van der Waals surface area (Å²) in [5.41, 5.74) is 2.66. The highest BCUT2D eigenvalue weighted by Gasteiger charge is 2.46. The van der Waals surface area contributed by atoms with Crippen LogP contribution >= 0.6 is 0 Å². The highest BCUT2D eigenvalue weighted by atomic mass is 16.6. The smallest absolute Gasteiger partial charge is 0.198 e. The Kier molecular flexibility index (Phi) is 4.59. The van der Waals surface area contributed by atoms with Crippen molar-refractivity contribution in [2.24, 2.45) is 0 Å². The van der Waals surface area contributed by atoms with Crippen molar-refractivity contribution in [1.29, 1.82) is 0 Å². The van der Waals surface area contributed by atoms with Crippen molar-refractivity contribution >= 4 is 16.6 Å². The molecule has 0 unspecified atom stereocenters. The average molecular weight is 380 g/mol. The third-order valence-corrected chi connectivity index (χ3v) is 5.24. The predicted octanol–water partition coefficient (Wildman–Crippen LogP) is 5.74. The van der Waals surface area contributed by atoms with E-state index in [9.17, 15) is 4.79 Å². The van der Waals surface area contributed by atoms with E-state index in [1.165, 1.54) is 5.39 Å². The maximum atomic E-state index is 13.1. The molecule has 0 aliphatic carbocycles. The van der Waals surface area contributed by atoms with Gasteiger partial charge in [-0.05, 0) is 40.1 Å². The lowest BCUT2D eigenvalue weighted by Crippen LogP contribution is -2.10. The molecule has 1 saturated heterocycles. The lowest BCUT2D eigenvalue weighted by molar-refractivity contribution is 0.0949. The second kappa shape index (κ2) is 7.53. The molecule has 3 heteroatoms. The standard InChI is InChI=1S/C26H20O3/c27-24(22-12-6-7-13-23(22)28-17-18-8-2-1-3-9-18)26-25(29-26)21-15-14-19-10-4-5-11-20(19)16-21/h1-16,25-26H,17H2/t25-,26-/m1/s1. The fourth-order valence-electron chi connectivity index (χ4n) is 3.63. The molecule has 0 saturated carbocycles. The second-order valence-electron chi connectivity index (χ2n) is 7.22. The Labute approximate surface area is 169 Å². The second-order valence-corrected chi connectivity index (χ2v) is 7.22. The summed E-state index contributed by atoms with van der Waals surface area (Å²) in [6.45, 7) is 0.421.